The summed E-state index contributed by atoms with van der Waals surface area (Å²) in [6, 6.07) is 0. The lowest BCUT2D eigenvalue weighted by Crippen LogP contribution is -2.11. The molecule has 0 saturated carbocycles. The van der Waals surface area contributed by atoms with Gasteiger partial charge in [-0.25, -0.2) is 0 Å². The molecule has 0 aliphatic heterocycles. The molecular weight excluding hydrogens is 186 g/mol. The zero-order valence-electron chi connectivity index (χ0n) is 5.58. The van der Waals surface area contributed by atoms with Gasteiger partial charge in [0.1, 0.15) is 5.51 Å². The van der Waals surface area contributed by atoms with Crippen LogP contribution >= 0.6 is 22.9 Å². The highest BCUT2D eigenvalue weighted by molar-refractivity contribution is 7.13. The third kappa shape index (κ3) is 2.81. The molecule has 60 valence electrons. The van der Waals surface area contributed by atoms with Crippen LogP contribution in [0.3, 0.4) is 0 Å². The third-order valence-electron chi connectivity index (χ3n) is 0.928. The van der Waals surface area contributed by atoms with E-state index in [1.54, 1.807) is 5.51 Å². The van der Waals surface area contributed by atoms with Crippen LogP contribution in [0.1, 0.15) is 6.42 Å². The van der Waals surface area contributed by atoms with Crippen molar-refractivity contribution in [3.63, 3.8) is 0 Å². The summed E-state index contributed by atoms with van der Waals surface area (Å²) in [6.45, 7) is 0. The van der Waals surface area contributed by atoms with E-state index in [0.29, 0.717) is 17.4 Å². The van der Waals surface area contributed by atoms with Gasteiger partial charge < -0.3 is 5.32 Å². The molecule has 0 atom stereocenters. The Morgan fingerprint density at radius 2 is 2.64 bits per heavy atom. The summed E-state index contributed by atoms with van der Waals surface area (Å²) in [7, 11) is 0. The molecule has 0 aliphatic rings. The van der Waals surface area contributed by atoms with Gasteiger partial charge in [-0.2, -0.15) is 0 Å². The lowest BCUT2D eigenvalue weighted by molar-refractivity contribution is -0.115. The number of nitrogens with one attached hydrogen (secondary N) is 1. The first-order chi connectivity index (χ1) is 5.33. The molecule has 1 amide bonds. The number of anilines is 1. The number of hydrogen-bond acceptors (Lipinski definition) is 4. The van der Waals surface area contributed by atoms with Crippen molar-refractivity contribution in [3.8, 4) is 0 Å². The summed E-state index contributed by atoms with van der Waals surface area (Å²) < 4.78 is 0. The highest BCUT2D eigenvalue weighted by Crippen LogP contribution is 2.07. The van der Waals surface area contributed by atoms with Crippen LogP contribution in [0.2, 0.25) is 0 Å². The number of amides is 1. The molecule has 0 radical (unpaired) electrons. The Balaban J connectivity index is 2.37. The van der Waals surface area contributed by atoms with E-state index in [0.717, 1.165) is 0 Å². The van der Waals surface area contributed by atoms with Crippen molar-refractivity contribution in [2.45, 2.75) is 6.42 Å². The van der Waals surface area contributed by atoms with Crippen molar-refractivity contribution in [2.75, 3.05) is 11.2 Å². The monoisotopic (exact) mass is 191 g/mol. The number of aromatic nitrogens is 2. The molecule has 0 aliphatic carbocycles. The molecule has 0 fully saturated rings. The van der Waals surface area contributed by atoms with Gasteiger partial charge in [-0.15, -0.1) is 21.8 Å². The minimum Gasteiger partial charge on any atom is -0.300 e. The van der Waals surface area contributed by atoms with Crippen molar-refractivity contribution in [1.82, 2.24) is 10.2 Å². The van der Waals surface area contributed by atoms with Crippen LogP contribution < -0.4 is 5.32 Å². The van der Waals surface area contributed by atoms with Crippen molar-refractivity contribution in [1.29, 1.82) is 0 Å². The standard InChI is InChI=1S/C5H6ClN3OS/c6-2-1-4(10)8-5-9-7-3-11-5/h3H,1-2H2,(H,8,9,10). The molecule has 1 aromatic heterocycles. The number of alkyl halides is 1. The predicted molar refractivity (Wildman–Crippen MR) is 43.9 cm³/mol. The highest BCUT2D eigenvalue weighted by Gasteiger charge is 2.02. The molecular formula is C5H6ClN3OS. The molecule has 0 unspecified atom stereocenters. The number of carbonyl (C=O) groups excluding carboxylic acids is 1. The third-order valence-corrected chi connectivity index (χ3v) is 1.72. The molecule has 1 heterocycles. The van der Waals surface area contributed by atoms with Gasteiger partial charge in [0.2, 0.25) is 11.0 Å². The Labute approximate surface area is 72.6 Å². The van der Waals surface area contributed by atoms with Gasteiger partial charge in [-0.05, 0) is 0 Å². The minimum absolute atomic E-state index is 0.128. The lowest BCUT2D eigenvalue weighted by atomic mass is 10.5. The summed E-state index contributed by atoms with van der Waals surface area (Å²) >= 11 is 6.62. The lowest BCUT2D eigenvalue weighted by Gasteiger charge is -1.95. The van der Waals surface area contributed by atoms with Crippen molar-refractivity contribution < 1.29 is 4.79 Å². The van der Waals surface area contributed by atoms with Crippen LogP contribution in [0.15, 0.2) is 5.51 Å². The fourth-order valence-electron chi connectivity index (χ4n) is 0.495. The van der Waals surface area contributed by atoms with Crippen LogP contribution in [-0.4, -0.2) is 22.0 Å². The normalized spacial score (nSPS) is 9.55. The Kier molecular flexibility index (Phi) is 3.25. The molecule has 1 rings (SSSR count). The SMILES string of the molecule is O=C(CCCl)Nc1nncs1. The van der Waals surface area contributed by atoms with Gasteiger partial charge in [-0.3, -0.25) is 4.79 Å². The summed E-state index contributed by atoms with van der Waals surface area (Å²) in [5.74, 6) is 0.196. The Hall–Kier alpha value is -0.680. The maximum Gasteiger partial charge on any atom is 0.227 e. The fourth-order valence-corrected chi connectivity index (χ4v) is 1.13. The van der Waals surface area contributed by atoms with E-state index >= 15 is 0 Å². The van der Waals surface area contributed by atoms with Crippen molar-refractivity contribution in [3.05, 3.63) is 5.51 Å². The summed E-state index contributed by atoms with van der Waals surface area (Å²) in [6.07, 6.45) is 0.307. The van der Waals surface area contributed by atoms with E-state index in [9.17, 15) is 4.79 Å². The van der Waals surface area contributed by atoms with Crippen LogP contribution in [0.5, 0.6) is 0 Å². The summed E-state index contributed by atoms with van der Waals surface area (Å²) in [5.41, 5.74) is 1.55. The smallest absolute Gasteiger partial charge is 0.227 e. The second-order valence-corrected chi connectivity index (χ2v) is 2.94. The average molecular weight is 192 g/mol. The Morgan fingerprint density at radius 3 is 3.18 bits per heavy atom. The van der Waals surface area contributed by atoms with E-state index in [1.807, 2.05) is 0 Å². The molecule has 1 aromatic rings. The first-order valence-corrected chi connectivity index (χ1v) is 4.36. The van der Waals surface area contributed by atoms with E-state index < -0.39 is 0 Å². The van der Waals surface area contributed by atoms with Gasteiger partial charge in [0.15, 0.2) is 0 Å². The largest absolute Gasteiger partial charge is 0.300 e. The maximum absolute atomic E-state index is 10.9. The number of nitrogens with zero attached hydrogens (tertiary/aromatic N) is 2. The highest BCUT2D eigenvalue weighted by atomic mass is 35.5. The molecule has 6 heteroatoms. The van der Waals surface area contributed by atoms with Gasteiger partial charge in [0, 0.05) is 12.3 Å². The topological polar surface area (TPSA) is 54.9 Å². The van der Waals surface area contributed by atoms with E-state index in [-0.39, 0.29) is 5.91 Å². The predicted octanol–water partition coefficient (Wildman–Crippen LogP) is 1.11. The van der Waals surface area contributed by atoms with Crippen LogP contribution in [0.4, 0.5) is 5.13 Å². The fraction of sp³-hybridized carbons (Fsp3) is 0.400. The summed E-state index contributed by atoms with van der Waals surface area (Å²) in [4.78, 5) is 10.9. The second-order valence-electron chi connectivity index (χ2n) is 1.73. The van der Waals surface area contributed by atoms with Gasteiger partial charge >= 0.3 is 0 Å². The van der Waals surface area contributed by atoms with Gasteiger partial charge in [-0.1, -0.05) is 11.3 Å². The zero-order valence-corrected chi connectivity index (χ0v) is 7.15. The van der Waals surface area contributed by atoms with Crippen LogP contribution in [0.25, 0.3) is 0 Å². The Morgan fingerprint density at radius 1 is 1.82 bits per heavy atom. The molecule has 0 saturated heterocycles. The second kappa shape index (κ2) is 4.25. The van der Waals surface area contributed by atoms with E-state index in [4.69, 9.17) is 11.6 Å². The van der Waals surface area contributed by atoms with Gasteiger partial charge in [0.05, 0.1) is 0 Å². The molecule has 0 spiro atoms. The number of hydrogen-bond donors (Lipinski definition) is 1. The van der Waals surface area contributed by atoms with Gasteiger partial charge in [0.25, 0.3) is 0 Å². The first-order valence-electron chi connectivity index (χ1n) is 2.95. The molecule has 1 N–H and O–H groups in total. The van der Waals surface area contributed by atoms with E-state index in [1.165, 1.54) is 11.3 Å². The van der Waals surface area contributed by atoms with Crippen molar-refractivity contribution in [2.24, 2.45) is 0 Å². The van der Waals surface area contributed by atoms with Crippen molar-refractivity contribution >= 4 is 34.0 Å². The van der Waals surface area contributed by atoms with E-state index in [2.05, 4.69) is 15.5 Å². The summed E-state index contributed by atoms with van der Waals surface area (Å²) in [5, 5.41) is 10.2. The quantitative estimate of drug-likeness (QED) is 0.729. The molecule has 11 heavy (non-hydrogen) atoms. The van der Waals surface area contributed by atoms with Crippen LogP contribution in [-0.2, 0) is 4.79 Å². The average Bonchev–Trinajstić information content (AvgIpc) is 2.40. The molecule has 0 aromatic carbocycles. The number of rotatable bonds is 3. The first kappa shape index (κ1) is 8.42. The van der Waals surface area contributed by atoms with Crippen LogP contribution in [0, 0.1) is 0 Å². The maximum atomic E-state index is 10.9. The molecule has 0 bridgehead atoms. The number of carbonyl (C=O) groups is 1. The zero-order chi connectivity index (χ0) is 8.10. The number of halogens is 1. The Bertz CT molecular complexity index is 226. The minimum atomic E-state index is -0.128. The molecule has 4 nitrogen and oxygen atoms in total.